The molecule has 0 spiro atoms. The van der Waals surface area contributed by atoms with Gasteiger partial charge in [0.25, 0.3) is 0 Å². The topological polar surface area (TPSA) is 45.5 Å². The van der Waals surface area contributed by atoms with Gasteiger partial charge < -0.3 is 5.21 Å². The lowest BCUT2D eigenvalue weighted by molar-refractivity contribution is 0.321. The molecule has 1 rings (SSSR count). The van der Waals surface area contributed by atoms with Crippen molar-refractivity contribution in [2.45, 2.75) is 0 Å². The van der Waals surface area contributed by atoms with E-state index in [1.165, 1.54) is 12.3 Å². The summed E-state index contributed by atoms with van der Waals surface area (Å²) in [5.41, 5.74) is 0.00991. The van der Waals surface area contributed by atoms with Crippen LogP contribution in [0.1, 0.15) is 5.69 Å². The van der Waals surface area contributed by atoms with E-state index in [2.05, 4.69) is 26.1 Å². The van der Waals surface area contributed by atoms with Crippen molar-refractivity contribution in [2.24, 2.45) is 5.16 Å². The molecule has 5 heteroatoms. The van der Waals surface area contributed by atoms with Crippen LogP contribution in [0.25, 0.3) is 0 Å². The maximum Gasteiger partial charge on any atom is 0.151 e. The zero-order valence-electron chi connectivity index (χ0n) is 5.33. The summed E-state index contributed by atoms with van der Waals surface area (Å²) in [5, 5.41) is 10.7. The normalized spacial score (nSPS) is 10.7. The Labute approximate surface area is 70.7 Å². The summed E-state index contributed by atoms with van der Waals surface area (Å²) in [4.78, 5) is 3.64. The lowest BCUT2D eigenvalue weighted by Gasteiger charge is -1.93. The van der Waals surface area contributed by atoms with Gasteiger partial charge in [-0.05, 0) is 22.0 Å². The van der Waals surface area contributed by atoms with Gasteiger partial charge in [-0.25, -0.2) is 4.39 Å². The molecule has 0 amide bonds. The number of aromatic nitrogens is 1. The second-order valence-electron chi connectivity index (χ2n) is 1.77. The number of oxime groups is 1. The van der Waals surface area contributed by atoms with Gasteiger partial charge in [0.05, 0.1) is 6.21 Å². The van der Waals surface area contributed by atoms with Gasteiger partial charge in [-0.3, -0.25) is 4.98 Å². The van der Waals surface area contributed by atoms with E-state index in [0.29, 0.717) is 4.47 Å². The Balaban J connectivity index is 3.09. The number of halogens is 2. The van der Waals surface area contributed by atoms with Crippen LogP contribution in [0.15, 0.2) is 21.9 Å². The maximum atomic E-state index is 12.7. The fraction of sp³-hybridized carbons (Fsp3) is 0. The summed E-state index contributed by atoms with van der Waals surface area (Å²) in [6.45, 7) is 0. The Morgan fingerprint density at radius 3 is 3.00 bits per heavy atom. The quantitative estimate of drug-likeness (QED) is 0.444. The van der Waals surface area contributed by atoms with Crippen molar-refractivity contribution >= 4 is 22.1 Å². The first-order chi connectivity index (χ1) is 5.24. The molecule has 0 aliphatic rings. The fourth-order valence-corrected chi connectivity index (χ4v) is 0.878. The van der Waals surface area contributed by atoms with E-state index in [1.807, 2.05) is 0 Å². The van der Waals surface area contributed by atoms with Crippen molar-refractivity contribution in [3.8, 4) is 0 Å². The highest BCUT2D eigenvalue weighted by Crippen LogP contribution is 2.10. The Morgan fingerprint density at radius 2 is 2.45 bits per heavy atom. The zero-order chi connectivity index (χ0) is 8.27. The van der Waals surface area contributed by atoms with E-state index in [9.17, 15) is 4.39 Å². The van der Waals surface area contributed by atoms with Crippen LogP contribution in [0.4, 0.5) is 4.39 Å². The number of rotatable bonds is 1. The summed E-state index contributed by atoms with van der Waals surface area (Å²) < 4.78 is 13.3. The predicted molar refractivity (Wildman–Crippen MR) is 41.3 cm³/mol. The van der Waals surface area contributed by atoms with Crippen molar-refractivity contribution in [3.63, 3.8) is 0 Å². The molecular weight excluding hydrogens is 215 g/mol. The van der Waals surface area contributed by atoms with E-state index in [-0.39, 0.29) is 5.69 Å². The van der Waals surface area contributed by atoms with E-state index in [1.54, 1.807) is 0 Å². The molecule has 0 radical (unpaired) electrons. The highest BCUT2D eigenvalue weighted by molar-refractivity contribution is 9.10. The number of hydrogen-bond donors (Lipinski definition) is 1. The van der Waals surface area contributed by atoms with Crippen LogP contribution in [0.2, 0.25) is 0 Å². The number of nitrogens with zero attached hydrogens (tertiary/aromatic N) is 2. The Hall–Kier alpha value is -0.970. The second-order valence-corrected chi connectivity index (χ2v) is 2.68. The molecule has 0 unspecified atom stereocenters. The minimum absolute atomic E-state index is 0.00991. The lowest BCUT2D eigenvalue weighted by Crippen LogP contribution is -1.92. The van der Waals surface area contributed by atoms with Crippen molar-refractivity contribution in [1.29, 1.82) is 0 Å². The summed E-state index contributed by atoms with van der Waals surface area (Å²) >= 11 is 3.04. The molecule has 0 aromatic carbocycles. The number of hydrogen-bond acceptors (Lipinski definition) is 3. The van der Waals surface area contributed by atoms with Crippen LogP contribution in [-0.2, 0) is 0 Å². The van der Waals surface area contributed by atoms with Gasteiger partial charge in [0, 0.05) is 10.7 Å². The molecule has 1 heterocycles. The fourth-order valence-electron chi connectivity index (χ4n) is 0.575. The summed E-state index contributed by atoms with van der Waals surface area (Å²) in [6, 6.07) is 1.24. The molecule has 0 saturated carbocycles. The van der Waals surface area contributed by atoms with Crippen LogP contribution in [0.3, 0.4) is 0 Å². The number of pyridine rings is 1. The lowest BCUT2D eigenvalue weighted by atomic mass is 10.3. The molecule has 0 saturated heterocycles. The van der Waals surface area contributed by atoms with E-state index in [0.717, 1.165) is 6.21 Å². The molecule has 0 bridgehead atoms. The first-order valence-corrected chi connectivity index (χ1v) is 3.52. The highest BCUT2D eigenvalue weighted by atomic mass is 79.9. The third-order valence-corrected chi connectivity index (χ3v) is 1.45. The van der Waals surface area contributed by atoms with E-state index >= 15 is 0 Å². The highest BCUT2D eigenvalue weighted by Gasteiger charge is 2.00. The Morgan fingerprint density at radius 1 is 1.73 bits per heavy atom. The van der Waals surface area contributed by atoms with Gasteiger partial charge in [-0.15, -0.1) is 0 Å². The third-order valence-electron chi connectivity index (χ3n) is 1.02. The first kappa shape index (κ1) is 8.13. The minimum atomic E-state index is -0.530. The van der Waals surface area contributed by atoms with Crippen molar-refractivity contribution in [1.82, 2.24) is 4.98 Å². The molecule has 1 N–H and O–H groups in total. The van der Waals surface area contributed by atoms with Gasteiger partial charge in [-0.2, -0.15) is 0 Å². The monoisotopic (exact) mass is 218 g/mol. The molecule has 3 nitrogen and oxygen atoms in total. The van der Waals surface area contributed by atoms with E-state index in [4.69, 9.17) is 5.21 Å². The Kier molecular flexibility index (Phi) is 2.53. The molecule has 11 heavy (non-hydrogen) atoms. The van der Waals surface area contributed by atoms with Crippen LogP contribution in [-0.4, -0.2) is 16.4 Å². The van der Waals surface area contributed by atoms with Crippen LogP contribution in [0.5, 0.6) is 0 Å². The van der Waals surface area contributed by atoms with Crippen LogP contribution >= 0.6 is 15.9 Å². The summed E-state index contributed by atoms with van der Waals surface area (Å²) in [7, 11) is 0. The summed E-state index contributed by atoms with van der Waals surface area (Å²) in [5.74, 6) is -0.530. The molecule has 0 aliphatic heterocycles. The summed E-state index contributed by atoms with van der Waals surface area (Å²) in [6.07, 6.45) is 2.35. The van der Waals surface area contributed by atoms with Crippen molar-refractivity contribution < 1.29 is 9.60 Å². The van der Waals surface area contributed by atoms with Gasteiger partial charge in [0.1, 0.15) is 5.69 Å². The molecule has 0 fully saturated rings. The molecule has 0 atom stereocenters. The third kappa shape index (κ3) is 1.98. The maximum absolute atomic E-state index is 12.7. The van der Waals surface area contributed by atoms with Crippen LogP contribution in [0, 0.1) is 5.82 Å². The second kappa shape index (κ2) is 3.43. The van der Waals surface area contributed by atoms with Gasteiger partial charge in [0.15, 0.2) is 5.82 Å². The van der Waals surface area contributed by atoms with Crippen LogP contribution < -0.4 is 0 Å². The van der Waals surface area contributed by atoms with Gasteiger partial charge in [-0.1, -0.05) is 5.16 Å². The zero-order valence-corrected chi connectivity index (χ0v) is 6.92. The average Bonchev–Trinajstić information content (AvgIpc) is 1.95. The minimum Gasteiger partial charge on any atom is -0.411 e. The molecule has 1 aromatic heterocycles. The molecule has 58 valence electrons. The Bertz CT molecular complexity index is 290. The largest absolute Gasteiger partial charge is 0.411 e. The predicted octanol–water partition coefficient (Wildman–Crippen LogP) is 1.79. The SMILES string of the molecule is O/N=C/c1ncc(Br)cc1F. The standard InChI is InChI=1S/C6H4BrFN2O/c7-4-1-5(8)6(3-10-11)9-2-4/h1-3,11H/b10-3+. The van der Waals surface area contributed by atoms with Gasteiger partial charge in [0.2, 0.25) is 0 Å². The first-order valence-electron chi connectivity index (χ1n) is 2.72. The molecule has 0 aliphatic carbocycles. The smallest absolute Gasteiger partial charge is 0.151 e. The van der Waals surface area contributed by atoms with E-state index < -0.39 is 5.82 Å². The average molecular weight is 219 g/mol. The van der Waals surface area contributed by atoms with Gasteiger partial charge >= 0.3 is 0 Å². The van der Waals surface area contributed by atoms with Crippen molar-refractivity contribution in [3.05, 3.63) is 28.2 Å². The molecular formula is C6H4BrFN2O. The van der Waals surface area contributed by atoms with Crippen molar-refractivity contribution in [2.75, 3.05) is 0 Å². The molecule has 1 aromatic rings.